The third-order valence-electron chi connectivity index (χ3n) is 3.76. The second-order valence-corrected chi connectivity index (χ2v) is 5.85. The fourth-order valence-electron chi connectivity index (χ4n) is 2.88. The van der Waals surface area contributed by atoms with Crippen molar-refractivity contribution in [3.63, 3.8) is 0 Å². The average Bonchev–Trinajstić information content (AvgIpc) is 2.52. The highest BCUT2D eigenvalue weighted by atomic mass is 32.2. The summed E-state index contributed by atoms with van der Waals surface area (Å²) in [5.41, 5.74) is 1.79. The molecule has 2 heterocycles. The number of anilines is 1. The zero-order valence-electron chi connectivity index (χ0n) is 12.7. The van der Waals surface area contributed by atoms with Crippen LogP contribution in [0.25, 0.3) is 11.3 Å². The van der Waals surface area contributed by atoms with Gasteiger partial charge in [0.25, 0.3) is 6.17 Å². The largest absolute Gasteiger partial charge is 0.325 e. The van der Waals surface area contributed by atoms with Crippen LogP contribution in [-0.4, -0.2) is 22.2 Å². The van der Waals surface area contributed by atoms with Crippen molar-refractivity contribution in [3.05, 3.63) is 34.6 Å². The number of amides is 1. The maximum Gasteiger partial charge on any atom is 0.325 e. The van der Waals surface area contributed by atoms with E-state index in [0.29, 0.717) is 17.3 Å². The molecule has 1 N–H and O–H groups in total. The number of aromatic amines is 1. The number of para-hydroxylation sites is 1. The van der Waals surface area contributed by atoms with Crippen LogP contribution in [-0.2, 0) is 4.79 Å². The van der Waals surface area contributed by atoms with Gasteiger partial charge in [-0.3, -0.25) is 19.5 Å². The highest BCUT2D eigenvalue weighted by molar-refractivity contribution is 7.98. The molecule has 0 saturated carbocycles. The SMILES string of the molecule is CC[C@@H]1N(C(C)=O)c2ccccc2-c2c(=O)[nH]c(SC)n[n+]21. The number of fused-ring (bicyclic) bond motifs is 3. The zero-order valence-corrected chi connectivity index (χ0v) is 13.5. The van der Waals surface area contributed by atoms with Gasteiger partial charge in [-0.2, -0.15) is 0 Å². The van der Waals surface area contributed by atoms with Crippen LogP contribution >= 0.6 is 11.8 Å². The van der Waals surface area contributed by atoms with Gasteiger partial charge in [-0.05, 0) is 18.4 Å². The van der Waals surface area contributed by atoms with E-state index in [9.17, 15) is 9.59 Å². The Kier molecular flexibility index (Phi) is 3.74. The average molecular weight is 317 g/mol. The Hall–Kier alpha value is -2.15. The summed E-state index contributed by atoms with van der Waals surface area (Å²) in [7, 11) is 0. The number of H-pyrrole nitrogens is 1. The van der Waals surface area contributed by atoms with Crippen molar-refractivity contribution in [3.8, 4) is 11.3 Å². The molecular weight excluding hydrogens is 300 g/mol. The summed E-state index contributed by atoms with van der Waals surface area (Å²) >= 11 is 1.37. The molecule has 0 bridgehead atoms. The van der Waals surface area contributed by atoms with E-state index in [1.165, 1.54) is 18.7 Å². The number of nitrogens with zero attached hydrogens (tertiary/aromatic N) is 3. The quantitative estimate of drug-likeness (QED) is 0.676. The van der Waals surface area contributed by atoms with Crippen LogP contribution < -0.4 is 15.1 Å². The third kappa shape index (κ3) is 2.12. The van der Waals surface area contributed by atoms with Crippen LogP contribution in [0.15, 0.2) is 34.2 Å². The van der Waals surface area contributed by atoms with Crippen molar-refractivity contribution >= 4 is 23.4 Å². The van der Waals surface area contributed by atoms with Crippen molar-refractivity contribution in [2.75, 3.05) is 11.2 Å². The Morgan fingerprint density at radius 2 is 2.18 bits per heavy atom. The number of carbonyl (C=O) groups is 1. The normalized spacial score (nSPS) is 16.1. The van der Waals surface area contributed by atoms with Crippen LogP contribution in [0.5, 0.6) is 0 Å². The number of rotatable bonds is 2. The van der Waals surface area contributed by atoms with Gasteiger partial charge in [-0.25, -0.2) is 0 Å². The molecule has 1 amide bonds. The summed E-state index contributed by atoms with van der Waals surface area (Å²) in [5.74, 6) is -0.0646. The van der Waals surface area contributed by atoms with Crippen molar-refractivity contribution in [1.29, 1.82) is 0 Å². The smallest absolute Gasteiger partial charge is 0.291 e. The second-order valence-electron chi connectivity index (χ2n) is 5.05. The van der Waals surface area contributed by atoms with Crippen molar-refractivity contribution in [2.24, 2.45) is 0 Å². The Morgan fingerprint density at radius 3 is 2.82 bits per heavy atom. The van der Waals surface area contributed by atoms with Crippen molar-refractivity contribution in [2.45, 2.75) is 31.6 Å². The maximum atomic E-state index is 12.5. The number of hydrogen-bond donors (Lipinski definition) is 1. The molecule has 1 atom stereocenters. The fraction of sp³-hybridized carbons (Fsp3) is 0.333. The first-order valence-electron chi connectivity index (χ1n) is 7.07. The molecule has 0 radical (unpaired) electrons. The number of hydrogen-bond acceptors (Lipinski definition) is 4. The summed E-state index contributed by atoms with van der Waals surface area (Å²) < 4.78 is 1.68. The first-order valence-corrected chi connectivity index (χ1v) is 8.30. The predicted octanol–water partition coefficient (Wildman–Crippen LogP) is 1.72. The molecule has 0 fully saturated rings. The van der Waals surface area contributed by atoms with Crippen molar-refractivity contribution in [1.82, 2.24) is 10.1 Å². The zero-order chi connectivity index (χ0) is 15.9. The van der Waals surface area contributed by atoms with Crippen LogP contribution in [0.4, 0.5) is 5.69 Å². The lowest BCUT2D eigenvalue weighted by molar-refractivity contribution is -0.771. The highest BCUT2D eigenvalue weighted by Crippen LogP contribution is 2.35. The Morgan fingerprint density at radius 1 is 1.45 bits per heavy atom. The monoisotopic (exact) mass is 317 g/mol. The number of benzene rings is 1. The van der Waals surface area contributed by atoms with E-state index in [1.54, 1.807) is 9.58 Å². The summed E-state index contributed by atoms with van der Waals surface area (Å²) in [6, 6.07) is 7.44. The van der Waals surface area contributed by atoms with Gasteiger partial charge in [0.15, 0.2) is 0 Å². The van der Waals surface area contributed by atoms with Gasteiger partial charge in [-0.15, -0.1) is 0 Å². The third-order valence-corrected chi connectivity index (χ3v) is 4.33. The Balaban J connectivity index is 2.38. The molecule has 6 nitrogen and oxygen atoms in total. The van der Waals surface area contributed by atoms with Crippen LogP contribution in [0, 0.1) is 0 Å². The molecule has 0 aliphatic carbocycles. The molecule has 0 saturated heterocycles. The summed E-state index contributed by atoms with van der Waals surface area (Å²) in [6.45, 7) is 3.51. The standard InChI is InChI=1S/C15H16N4O2S/c1-4-12-18(9(2)20)11-8-6-5-7-10(11)13-14(21)16-15(22-3)17-19(12)13/h5-8,12H,4H2,1-3H3/p+1/t12-/m1/s1. The van der Waals surface area contributed by atoms with E-state index in [-0.39, 0.29) is 17.6 Å². The molecule has 1 aromatic heterocycles. The topological polar surface area (TPSA) is 69.9 Å². The molecule has 1 aromatic carbocycles. The van der Waals surface area contributed by atoms with E-state index in [0.717, 1.165) is 11.3 Å². The lowest BCUT2D eigenvalue weighted by atomic mass is 10.0. The second kappa shape index (κ2) is 5.57. The van der Waals surface area contributed by atoms with Crippen molar-refractivity contribution < 1.29 is 9.48 Å². The van der Waals surface area contributed by atoms with E-state index in [4.69, 9.17) is 0 Å². The Labute approximate surface area is 132 Å². The number of thioether (sulfide) groups is 1. The van der Waals surface area contributed by atoms with Crippen LogP contribution in [0.3, 0.4) is 0 Å². The summed E-state index contributed by atoms with van der Waals surface area (Å²) in [6.07, 6.45) is 2.22. The summed E-state index contributed by atoms with van der Waals surface area (Å²) in [5, 5.41) is 5.04. The summed E-state index contributed by atoms with van der Waals surface area (Å²) in [4.78, 5) is 29.2. The van der Waals surface area contributed by atoms with Gasteiger partial charge in [0.05, 0.1) is 11.3 Å². The van der Waals surface area contributed by atoms with Gasteiger partial charge >= 0.3 is 11.3 Å². The minimum absolute atomic E-state index is 0.0646. The number of aromatic nitrogens is 3. The first-order chi connectivity index (χ1) is 10.6. The molecule has 22 heavy (non-hydrogen) atoms. The molecule has 1 aliphatic heterocycles. The fourth-order valence-corrected chi connectivity index (χ4v) is 3.24. The van der Waals surface area contributed by atoms with E-state index >= 15 is 0 Å². The minimum Gasteiger partial charge on any atom is -0.291 e. The van der Waals surface area contributed by atoms with E-state index in [2.05, 4.69) is 10.1 Å². The molecule has 1 aliphatic rings. The van der Waals surface area contributed by atoms with Gasteiger partial charge in [0.2, 0.25) is 11.1 Å². The predicted molar refractivity (Wildman–Crippen MR) is 84.8 cm³/mol. The van der Waals surface area contributed by atoms with Crippen LogP contribution in [0.1, 0.15) is 26.4 Å². The first kappa shape index (κ1) is 14.8. The highest BCUT2D eigenvalue weighted by Gasteiger charge is 2.42. The van der Waals surface area contributed by atoms with Gasteiger partial charge in [-0.1, -0.05) is 35.5 Å². The molecule has 3 rings (SSSR count). The lowest BCUT2D eigenvalue weighted by Crippen LogP contribution is -2.60. The van der Waals surface area contributed by atoms with E-state index < -0.39 is 0 Å². The number of nitrogens with one attached hydrogen (secondary N) is 1. The lowest BCUT2D eigenvalue weighted by Gasteiger charge is -2.30. The molecule has 0 spiro atoms. The van der Waals surface area contributed by atoms with Gasteiger partial charge in [0, 0.05) is 18.4 Å². The van der Waals surface area contributed by atoms with Crippen LogP contribution in [0.2, 0.25) is 0 Å². The molecule has 7 heteroatoms. The molecular formula is C15H17N4O2S+. The molecule has 0 unspecified atom stereocenters. The number of carbonyl (C=O) groups excluding carboxylic acids is 1. The Bertz CT molecular complexity index is 802. The molecule has 2 aromatic rings. The van der Waals surface area contributed by atoms with Gasteiger partial charge in [0.1, 0.15) is 0 Å². The maximum absolute atomic E-state index is 12.5. The van der Waals surface area contributed by atoms with Gasteiger partial charge < -0.3 is 0 Å². The van der Waals surface area contributed by atoms with E-state index in [1.807, 2.05) is 37.4 Å². The molecule has 114 valence electrons. The minimum atomic E-state index is -0.296.